The van der Waals surface area contributed by atoms with E-state index in [1.54, 1.807) is 7.11 Å². The van der Waals surface area contributed by atoms with Crippen LogP contribution < -0.4 is 11.1 Å². The van der Waals surface area contributed by atoms with E-state index < -0.39 is 0 Å². The number of nitrogens with zero attached hydrogens (tertiary/aromatic N) is 2. The van der Waals surface area contributed by atoms with Gasteiger partial charge in [0.1, 0.15) is 5.69 Å². The summed E-state index contributed by atoms with van der Waals surface area (Å²) in [6, 6.07) is 0.246. The molecule has 1 fully saturated rings. The molecule has 6 nitrogen and oxygen atoms in total. The number of thiazole rings is 1. The van der Waals surface area contributed by atoms with Crippen LogP contribution in [0.25, 0.3) is 0 Å². The zero-order chi connectivity index (χ0) is 15.1. The lowest BCUT2D eigenvalue weighted by molar-refractivity contribution is 0.0888. The highest BCUT2D eigenvalue weighted by Gasteiger charge is 2.21. The molecule has 0 saturated carbocycles. The van der Waals surface area contributed by atoms with Gasteiger partial charge in [0.15, 0.2) is 0 Å². The van der Waals surface area contributed by atoms with Gasteiger partial charge < -0.3 is 20.7 Å². The van der Waals surface area contributed by atoms with E-state index in [9.17, 15) is 4.79 Å². The maximum Gasteiger partial charge on any atom is 0.270 e. The lowest BCUT2D eigenvalue weighted by atomic mass is 10.0. The molecule has 0 unspecified atom stereocenters. The van der Waals surface area contributed by atoms with Crippen molar-refractivity contribution in [2.45, 2.75) is 25.3 Å². The topological polar surface area (TPSA) is 80.5 Å². The summed E-state index contributed by atoms with van der Waals surface area (Å²) < 4.78 is 5.09. The third kappa shape index (κ3) is 5.03. The van der Waals surface area contributed by atoms with Gasteiger partial charge in [-0.05, 0) is 19.4 Å². The number of amides is 1. The van der Waals surface area contributed by atoms with Gasteiger partial charge in [0.05, 0.1) is 11.6 Å². The van der Waals surface area contributed by atoms with E-state index in [2.05, 4.69) is 15.2 Å². The van der Waals surface area contributed by atoms with Crippen LogP contribution in [0.4, 0.5) is 0 Å². The minimum absolute atomic E-state index is 0.0649. The van der Waals surface area contributed by atoms with Crippen LogP contribution in [-0.4, -0.2) is 61.7 Å². The van der Waals surface area contributed by atoms with E-state index in [0.29, 0.717) is 12.2 Å². The lowest BCUT2D eigenvalue weighted by Gasteiger charge is -2.31. The third-order valence-electron chi connectivity index (χ3n) is 3.68. The normalized spacial score (nSPS) is 17.0. The first kappa shape index (κ1) is 16.4. The van der Waals surface area contributed by atoms with Crippen molar-refractivity contribution < 1.29 is 9.53 Å². The number of likely N-dealkylation sites (tertiary alicyclic amines) is 1. The van der Waals surface area contributed by atoms with Crippen molar-refractivity contribution in [2.24, 2.45) is 5.73 Å². The van der Waals surface area contributed by atoms with Crippen LogP contribution in [0.5, 0.6) is 0 Å². The Bertz CT molecular complexity index is 444. The van der Waals surface area contributed by atoms with Crippen LogP contribution in [0.15, 0.2) is 5.38 Å². The molecule has 21 heavy (non-hydrogen) atoms. The van der Waals surface area contributed by atoms with Gasteiger partial charge in [-0.1, -0.05) is 0 Å². The number of carbonyl (C=O) groups is 1. The molecule has 3 N–H and O–H groups in total. The highest BCUT2D eigenvalue weighted by molar-refractivity contribution is 7.09. The summed E-state index contributed by atoms with van der Waals surface area (Å²) in [5.74, 6) is -0.0649. The lowest BCUT2D eigenvalue weighted by Crippen LogP contribution is -2.45. The monoisotopic (exact) mass is 312 g/mol. The van der Waals surface area contributed by atoms with Gasteiger partial charge >= 0.3 is 0 Å². The standard InChI is InChI=1S/C14H24N4O2S/c1-20-9-8-18-6-3-11(4-7-18)16-14(19)12-10-21-13(17-12)2-5-15/h10-11H,2-9,15H2,1H3,(H,16,19). The quantitative estimate of drug-likeness (QED) is 0.766. The molecule has 118 valence electrons. The van der Waals surface area contributed by atoms with E-state index >= 15 is 0 Å². The number of methoxy groups -OCH3 is 1. The summed E-state index contributed by atoms with van der Waals surface area (Å²) in [6.07, 6.45) is 2.69. The fourth-order valence-corrected chi connectivity index (χ4v) is 3.23. The largest absolute Gasteiger partial charge is 0.383 e. The molecule has 0 radical (unpaired) electrons. The molecule has 1 aliphatic heterocycles. The molecule has 2 rings (SSSR count). The molecule has 1 aromatic heterocycles. The zero-order valence-electron chi connectivity index (χ0n) is 12.5. The van der Waals surface area contributed by atoms with Gasteiger partial charge in [0, 0.05) is 44.6 Å². The summed E-state index contributed by atoms with van der Waals surface area (Å²) >= 11 is 1.50. The van der Waals surface area contributed by atoms with Crippen LogP contribution in [0.3, 0.4) is 0 Å². The third-order valence-corrected chi connectivity index (χ3v) is 4.59. The Hall–Kier alpha value is -1.02. The maximum absolute atomic E-state index is 12.2. The molecular formula is C14H24N4O2S. The molecule has 0 aromatic carbocycles. The Labute approximate surface area is 129 Å². The average Bonchev–Trinajstić information content (AvgIpc) is 2.96. The summed E-state index contributed by atoms with van der Waals surface area (Å²) in [6.45, 7) is 4.30. The van der Waals surface area contributed by atoms with Crippen molar-refractivity contribution in [1.29, 1.82) is 0 Å². The number of nitrogens with one attached hydrogen (secondary N) is 1. The molecule has 1 aliphatic rings. The summed E-state index contributed by atoms with van der Waals surface area (Å²) in [4.78, 5) is 18.8. The predicted octanol–water partition coefficient (Wildman–Crippen LogP) is 0.485. The first-order valence-corrected chi connectivity index (χ1v) is 8.27. The minimum atomic E-state index is -0.0649. The highest BCUT2D eigenvalue weighted by Crippen LogP contribution is 2.13. The molecule has 0 aliphatic carbocycles. The number of rotatable bonds is 7. The Morgan fingerprint density at radius 1 is 1.57 bits per heavy atom. The van der Waals surface area contributed by atoms with Crippen LogP contribution in [0.2, 0.25) is 0 Å². The maximum atomic E-state index is 12.2. The highest BCUT2D eigenvalue weighted by atomic mass is 32.1. The van der Waals surface area contributed by atoms with E-state index in [4.69, 9.17) is 10.5 Å². The van der Waals surface area contributed by atoms with Crippen LogP contribution in [-0.2, 0) is 11.2 Å². The Balaban J connectivity index is 1.75. The molecule has 0 bridgehead atoms. The number of carbonyl (C=O) groups excluding carboxylic acids is 1. The Morgan fingerprint density at radius 2 is 2.33 bits per heavy atom. The number of ether oxygens (including phenoxy) is 1. The number of hydrogen-bond acceptors (Lipinski definition) is 6. The van der Waals surface area contributed by atoms with Crippen molar-refractivity contribution in [3.63, 3.8) is 0 Å². The summed E-state index contributed by atoms with van der Waals surface area (Å²) in [5.41, 5.74) is 6.01. The van der Waals surface area contributed by atoms with Crippen molar-refractivity contribution in [2.75, 3.05) is 39.9 Å². The molecule has 0 spiro atoms. The second kappa shape index (κ2) is 8.43. The summed E-state index contributed by atoms with van der Waals surface area (Å²) in [7, 11) is 1.72. The van der Waals surface area contributed by atoms with Crippen molar-refractivity contribution >= 4 is 17.2 Å². The van der Waals surface area contributed by atoms with Gasteiger partial charge in [-0.15, -0.1) is 11.3 Å². The number of hydrogen-bond donors (Lipinski definition) is 2. The van der Waals surface area contributed by atoms with E-state index in [-0.39, 0.29) is 11.9 Å². The Kier molecular flexibility index (Phi) is 6.56. The predicted molar refractivity (Wildman–Crippen MR) is 83.7 cm³/mol. The number of piperidine rings is 1. The second-order valence-electron chi connectivity index (χ2n) is 5.25. The fraction of sp³-hybridized carbons (Fsp3) is 0.714. The van der Waals surface area contributed by atoms with Crippen molar-refractivity contribution in [3.05, 3.63) is 16.1 Å². The van der Waals surface area contributed by atoms with E-state index in [0.717, 1.165) is 50.5 Å². The average molecular weight is 312 g/mol. The van der Waals surface area contributed by atoms with E-state index in [1.807, 2.05) is 5.38 Å². The first-order valence-electron chi connectivity index (χ1n) is 7.39. The van der Waals surface area contributed by atoms with E-state index in [1.165, 1.54) is 11.3 Å². The Morgan fingerprint density at radius 3 is 3.00 bits per heavy atom. The first-order chi connectivity index (χ1) is 10.2. The van der Waals surface area contributed by atoms with Crippen molar-refractivity contribution in [3.8, 4) is 0 Å². The molecule has 1 aromatic rings. The van der Waals surface area contributed by atoms with Crippen molar-refractivity contribution in [1.82, 2.24) is 15.2 Å². The van der Waals surface area contributed by atoms with Gasteiger partial charge in [-0.25, -0.2) is 4.98 Å². The van der Waals surface area contributed by atoms with Crippen LogP contribution in [0.1, 0.15) is 28.3 Å². The minimum Gasteiger partial charge on any atom is -0.383 e. The molecule has 0 atom stereocenters. The zero-order valence-corrected chi connectivity index (χ0v) is 13.3. The van der Waals surface area contributed by atoms with Crippen LogP contribution >= 0.6 is 11.3 Å². The summed E-state index contributed by atoms with van der Waals surface area (Å²) in [5, 5.41) is 5.82. The van der Waals surface area contributed by atoms with Crippen LogP contribution in [0, 0.1) is 0 Å². The molecule has 1 amide bonds. The van der Waals surface area contributed by atoms with Gasteiger partial charge in [0.2, 0.25) is 0 Å². The van der Waals surface area contributed by atoms with Gasteiger partial charge in [-0.2, -0.15) is 0 Å². The molecule has 1 saturated heterocycles. The fourth-order valence-electron chi connectivity index (χ4n) is 2.43. The van der Waals surface area contributed by atoms with Gasteiger partial charge in [0.25, 0.3) is 5.91 Å². The SMILES string of the molecule is COCCN1CCC(NC(=O)c2csc(CCN)n2)CC1. The van der Waals surface area contributed by atoms with Gasteiger partial charge in [-0.3, -0.25) is 4.79 Å². The molecular weight excluding hydrogens is 288 g/mol. The molecule has 7 heteroatoms. The second-order valence-corrected chi connectivity index (χ2v) is 6.19. The molecule has 2 heterocycles. The smallest absolute Gasteiger partial charge is 0.270 e. The number of nitrogens with two attached hydrogens (primary N) is 1. The number of aromatic nitrogens is 1.